The fourth-order valence-corrected chi connectivity index (χ4v) is 2.36. The molecule has 1 aliphatic heterocycles. The summed E-state index contributed by atoms with van der Waals surface area (Å²) in [6, 6.07) is 0.366. The van der Waals surface area contributed by atoms with Crippen molar-refractivity contribution in [2.75, 3.05) is 33.2 Å². The average molecular weight is 227 g/mol. The molecule has 1 aliphatic rings. The minimum absolute atomic E-state index is 0.0409. The minimum atomic E-state index is 0.0409. The lowest BCUT2D eigenvalue weighted by molar-refractivity contribution is -0.131. The van der Waals surface area contributed by atoms with Gasteiger partial charge in [0.2, 0.25) is 5.91 Å². The lowest BCUT2D eigenvalue weighted by Gasteiger charge is -2.29. The largest absolute Gasteiger partial charge is 0.337 e. The monoisotopic (exact) mass is 227 g/mol. The quantitative estimate of drug-likeness (QED) is 0.719. The summed E-state index contributed by atoms with van der Waals surface area (Å²) in [6.45, 7) is 10.5. The van der Waals surface area contributed by atoms with E-state index in [1.807, 2.05) is 11.9 Å². The molecule has 0 aromatic heterocycles. The van der Waals surface area contributed by atoms with Gasteiger partial charge < -0.3 is 15.1 Å². The van der Waals surface area contributed by atoms with Crippen LogP contribution in [0.4, 0.5) is 0 Å². The molecule has 1 rings (SSSR count). The smallest absolute Gasteiger partial charge is 0.240 e. The van der Waals surface area contributed by atoms with Gasteiger partial charge >= 0.3 is 0 Å². The lowest BCUT2D eigenvalue weighted by Crippen LogP contribution is -2.45. The van der Waals surface area contributed by atoms with Crippen molar-refractivity contribution in [1.29, 1.82) is 0 Å². The number of hydrogen-bond acceptors (Lipinski definition) is 3. The van der Waals surface area contributed by atoms with E-state index in [9.17, 15) is 4.79 Å². The molecule has 0 spiro atoms. The van der Waals surface area contributed by atoms with E-state index in [0.717, 1.165) is 32.6 Å². The van der Waals surface area contributed by atoms with Gasteiger partial charge in [-0.15, -0.1) is 0 Å². The van der Waals surface area contributed by atoms with Crippen molar-refractivity contribution in [2.45, 2.75) is 39.3 Å². The molecule has 0 saturated carbocycles. The number of likely N-dealkylation sites (N-methyl/N-ethyl adjacent to an activating group) is 2. The summed E-state index contributed by atoms with van der Waals surface area (Å²) in [5.74, 6) is 0.266. The van der Waals surface area contributed by atoms with E-state index in [4.69, 9.17) is 0 Å². The maximum absolute atomic E-state index is 12.0. The highest BCUT2D eigenvalue weighted by Crippen LogP contribution is 2.14. The summed E-state index contributed by atoms with van der Waals surface area (Å²) in [6.07, 6.45) is 0.942. The Morgan fingerprint density at radius 2 is 2.12 bits per heavy atom. The second kappa shape index (κ2) is 6.21. The standard InChI is InChI=1S/C12H25N3O/c1-5-14(6-2)9-10(3)15-8-7-11(13-4)12(15)16/h10-11,13H,5-9H2,1-4H3. The molecule has 1 saturated heterocycles. The Kier molecular flexibility index (Phi) is 5.22. The van der Waals surface area contributed by atoms with Gasteiger partial charge in [0.05, 0.1) is 6.04 Å². The molecule has 1 amide bonds. The molecule has 16 heavy (non-hydrogen) atoms. The zero-order valence-electron chi connectivity index (χ0n) is 11.0. The molecule has 0 radical (unpaired) electrons. The second-order valence-corrected chi connectivity index (χ2v) is 4.50. The Bertz CT molecular complexity index is 228. The second-order valence-electron chi connectivity index (χ2n) is 4.50. The van der Waals surface area contributed by atoms with Crippen LogP contribution in [0.1, 0.15) is 27.2 Å². The molecule has 4 heteroatoms. The van der Waals surface area contributed by atoms with Crippen molar-refractivity contribution in [3.63, 3.8) is 0 Å². The Labute approximate surface area is 99.0 Å². The summed E-state index contributed by atoms with van der Waals surface area (Å²) < 4.78 is 0. The summed E-state index contributed by atoms with van der Waals surface area (Å²) in [7, 11) is 1.86. The molecular weight excluding hydrogens is 202 g/mol. The Morgan fingerprint density at radius 3 is 2.56 bits per heavy atom. The van der Waals surface area contributed by atoms with Gasteiger partial charge in [-0.25, -0.2) is 0 Å². The highest BCUT2D eigenvalue weighted by atomic mass is 16.2. The Morgan fingerprint density at radius 1 is 1.50 bits per heavy atom. The maximum Gasteiger partial charge on any atom is 0.240 e. The van der Waals surface area contributed by atoms with Crippen LogP contribution >= 0.6 is 0 Å². The molecule has 0 aromatic carbocycles. The van der Waals surface area contributed by atoms with Gasteiger partial charge in [0.1, 0.15) is 0 Å². The van der Waals surface area contributed by atoms with E-state index < -0.39 is 0 Å². The highest BCUT2D eigenvalue weighted by molar-refractivity contribution is 5.84. The van der Waals surface area contributed by atoms with Gasteiger partial charge in [-0.3, -0.25) is 4.79 Å². The van der Waals surface area contributed by atoms with Gasteiger partial charge in [0.15, 0.2) is 0 Å². The molecule has 1 heterocycles. The normalized spacial score (nSPS) is 23.2. The van der Waals surface area contributed by atoms with Gasteiger partial charge in [-0.2, -0.15) is 0 Å². The molecule has 0 bridgehead atoms. The number of carbonyl (C=O) groups is 1. The van der Waals surface area contributed by atoms with Crippen LogP contribution in [-0.2, 0) is 4.79 Å². The molecule has 0 aromatic rings. The fraction of sp³-hybridized carbons (Fsp3) is 0.917. The summed E-state index contributed by atoms with van der Waals surface area (Å²) in [5, 5.41) is 3.08. The van der Waals surface area contributed by atoms with Crippen LogP contribution in [0.15, 0.2) is 0 Å². The molecular formula is C12H25N3O. The van der Waals surface area contributed by atoms with E-state index >= 15 is 0 Å². The Hall–Kier alpha value is -0.610. The first kappa shape index (κ1) is 13.5. The highest BCUT2D eigenvalue weighted by Gasteiger charge is 2.33. The van der Waals surface area contributed by atoms with Gasteiger partial charge in [-0.05, 0) is 33.5 Å². The van der Waals surface area contributed by atoms with E-state index in [-0.39, 0.29) is 11.9 Å². The molecule has 2 unspecified atom stereocenters. The van der Waals surface area contributed by atoms with Gasteiger partial charge in [-0.1, -0.05) is 13.8 Å². The number of carbonyl (C=O) groups excluding carboxylic acids is 1. The number of nitrogens with zero attached hydrogens (tertiary/aromatic N) is 2. The summed E-state index contributed by atoms with van der Waals surface area (Å²) in [4.78, 5) is 16.4. The van der Waals surface area contributed by atoms with Crippen LogP contribution in [0, 0.1) is 0 Å². The third kappa shape index (κ3) is 2.95. The van der Waals surface area contributed by atoms with E-state index in [2.05, 4.69) is 31.0 Å². The SMILES string of the molecule is CCN(CC)CC(C)N1CCC(NC)C1=O. The van der Waals surface area contributed by atoms with Crippen LogP contribution in [0.2, 0.25) is 0 Å². The van der Waals surface area contributed by atoms with Crippen molar-refractivity contribution >= 4 is 5.91 Å². The molecule has 1 fully saturated rings. The third-order valence-corrected chi connectivity index (χ3v) is 3.54. The van der Waals surface area contributed by atoms with Crippen LogP contribution in [-0.4, -0.2) is 61.0 Å². The predicted octanol–water partition coefficient (Wildman–Crippen LogP) is 0.537. The number of likely N-dealkylation sites (tertiary alicyclic amines) is 1. The van der Waals surface area contributed by atoms with Crippen molar-refractivity contribution in [2.24, 2.45) is 0 Å². The van der Waals surface area contributed by atoms with Crippen molar-refractivity contribution < 1.29 is 4.79 Å². The number of rotatable bonds is 6. The Balaban J connectivity index is 2.48. The fourth-order valence-electron chi connectivity index (χ4n) is 2.36. The predicted molar refractivity (Wildman–Crippen MR) is 66.4 cm³/mol. The van der Waals surface area contributed by atoms with Crippen LogP contribution in [0.3, 0.4) is 0 Å². The van der Waals surface area contributed by atoms with Crippen LogP contribution in [0.25, 0.3) is 0 Å². The molecule has 0 aliphatic carbocycles. The maximum atomic E-state index is 12.0. The van der Waals surface area contributed by atoms with E-state index in [1.165, 1.54) is 0 Å². The number of nitrogens with one attached hydrogen (secondary N) is 1. The van der Waals surface area contributed by atoms with Gasteiger partial charge in [0, 0.05) is 19.1 Å². The average Bonchev–Trinajstić information content (AvgIpc) is 2.67. The molecule has 4 nitrogen and oxygen atoms in total. The van der Waals surface area contributed by atoms with Crippen molar-refractivity contribution in [3.05, 3.63) is 0 Å². The molecule has 1 N–H and O–H groups in total. The van der Waals surface area contributed by atoms with E-state index in [1.54, 1.807) is 0 Å². The first-order chi connectivity index (χ1) is 7.63. The number of amides is 1. The minimum Gasteiger partial charge on any atom is -0.337 e. The molecule has 94 valence electrons. The van der Waals surface area contributed by atoms with E-state index in [0.29, 0.717) is 6.04 Å². The summed E-state index contributed by atoms with van der Waals surface area (Å²) >= 11 is 0. The zero-order valence-corrected chi connectivity index (χ0v) is 11.0. The van der Waals surface area contributed by atoms with Crippen molar-refractivity contribution in [1.82, 2.24) is 15.1 Å². The van der Waals surface area contributed by atoms with Crippen LogP contribution < -0.4 is 5.32 Å². The van der Waals surface area contributed by atoms with Crippen molar-refractivity contribution in [3.8, 4) is 0 Å². The van der Waals surface area contributed by atoms with Gasteiger partial charge in [0.25, 0.3) is 0 Å². The number of hydrogen-bond donors (Lipinski definition) is 1. The topological polar surface area (TPSA) is 35.6 Å². The van der Waals surface area contributed by atoms with Crippen LogP contribution in [0.5, 0.6) is 0 Å². The zero-order chi connectivity index (χ0) is 12.1. The lowest BCUT2D eigenvalue weighted by atomic mass is 10.2. The first-order valence-electron chi connectivity index (χ1n) is 6.34. The first-order valence-corrected chi connectivity index (χ1v) is 6.34. The third-order valence-electron chi connectivity index (χ3n) is 3.54. The summed E-state index contributed by atoms with van der Waals surface area (Å²) in [5.41, 5.74) is 0. The molecule has 2 atom stereocenters.